The maximum atomic E-state index is 6.99. The van der Waals surface area contributed by atoms with Gasteiger partial charge in [-0.15, -0.1) is 0 Å². The van der Waals surface area contributed by atoms with E-state index in [-0.39, 0.29) is 12.2 Å². The number of benzene rings is 4. The van der Waals surface area contributed by atoms with Crippen molar-refractivity contribution in [3.8, 4) is 0 Å². The van der Waals surface area contributed by atoms with Crippen molar-refractivity contribution in [2.75, 3.05) is 0 Å². The van der Waals surface area contributed by atoms with E-state index in [2.05, 4.69) is 101 Å². The smallest absolute Gasteiger partial charge is 0.106 e. The number of hydrogen-bond acceptors (Lipinski definition) is 1. The van der Waals surface area contributed by atoms with E-state index in [0.29, 0.717) is 0 Å². The molecule has 0 aromatic heterocycles. The normalized spacial score (nSPS) is 19.5. The Balaban J connectivity index is 1.52. The average molecular weight is 403 g/mol. The van der Waals surface area contributed by atoms with Gasteiger partial charge in [0.2, 0.25) is 0 Å². The highest BCUT2D eigenvalue weighted by molar-refractivity contribution is 5.99. The fourth-order valence-electron chi connectivity index (χ4n) is 5.53. The summed E-state index contributed by atoms with van der Waals surface area (Å²) >= 11 is 0. The van der Waals surface area contributed by atoms with Gasteiger partial charge in [0.25, 0.3) is 0 Å². The standard InChI is InChI=1S/C30H26O/c1-17-11-13-21-15-19(3)29(25-9-5-7-23(17)27(21)25)31-30-20(4)16-22-14-12-18(2)24-8-6-10-26(30)28(22)24/h5-16,29-30H,1-4H3. The molecule has 31 heavy (non-hydrogen) atoms. The molecule has 1 heteroatoms. The van der Waals surface area contributed by atoms with E-state index in [0.717, 1.165) is 0 Å². The van der Waals surface area contributed by atoms with Crippen LogP contribution >= 0.6 is 0 Å². The lowest BCUT2D eigenvalue weighted by atomic mass is 9.84. The highest BCUT2D eigenvalue weighted by Gasteiger charge is 2.30. The summed E-state index contributed by atoms with van der Waals surface area (Å²) in [5, 5.41) is 5.33. The molecule has 2 aliphatic carbocycles. The van der Waals surface area contributed by atoms with Crippen molar-refractivity contribution in [2.24, 2.45) is 0 Å². The first-order valence-electron chi connectivity index (χ1n) is 11.1. The topological polar surface area (TPSA) is 9.23 Å². The Kier molecular flexibility index (Phi) is 4.00. The second-order valence-corrected chi connectivity index (χ2v) is 9.16. The molecule has 6 rings (SSSR count). The van der Waals surface area contributed by atoms with E-state index in [1.54, 1.807) is 0 Å². The Hall–Kier alpha value is -3.16. The van der Waals surface area contributed by atoms with Crippen molar-refractivity contribution in [1.82, 2.24) is 0 Å². The predicted octanol–water partition coefficient (Wildman–Crippen LogP) is 8.24. The maximum absolute atomic E-state index is 6.99. The number of hydrogen-bond donors (Lipinski definition) is 0. The SMILES string of the molecule is CC1=Cc2ccc(C)c3cccc(c23)C1OC1C(C)=Cc2ccc(C)c3cccc1c23. The second-order valence-electron chi connectivity index (χ2n) is 9.16. The van der Waals surface area contributed by atoms with Crippen LogP contribution in [-0.2, 0) is 4.74 Å². The molecule has 0 N–H and O–H groups in total. The third-order valence-corrected chi connectivity index (χ3v) is 7.08. The second kappa shape index (κ2) is 6.67. The molecule has 0 saturated heterocycles. The molecule has 4 aromatic rings. The third kappa shape index (κ3) is 2.66. The summed E-state index contributed by atoms with van der Waals surface area (Å²) in [5.74, 6) is 0. The van der Waals surface area contributed by atoms with Crippen LogP contribution < -0.4 is 0 Å². The summed E-state index contributed by atoms with van der Waals surface area (Å²) < 4.78 is 6.99. The molecule has 0 radical (unpaired) electrons. The molecule has 2 unspecified atom stereocenters. The van der Waals surface area contributed by atoms with Gasteiger partial charge in [-0.2, -0.15) is 0 Å². The minimum atomic E-state index is -0.0482. The van der Waals surface area contributed by atoms with Crippen molar-refractivity contribution in [3.63, 3.8) is 0 Å². The molecular weight excluding hydrogens is 376 g/mol. The summed E-state index contributed by atoms with van der Waals surface area (Å²) in [4.78, 5) is 0. The van der Waals surface area contributed by atoms with Gasteiger partial charge < -0.3 is 4.74 Å². The summed E-state index contributed by atoms with van der Waals surface area (Å²) in [6.45, 7) is 8.79. The number of aryl methyl sites for hydroxylation is 2. The third-order valence-electron chi connectivity index (χ3n) is 7.08. The van der Waals surface area contributed by atoms with Crippen LogP contribution in [0, 0.1) is 13.8 Å². The van der Waals surface area contributed by atoms with Crippen molar-refractivity contribution >= 4 is 33.7 Å². The molecule has 0 amide bonds. The van der Waals surface area contributed by atoms with Crippen LogP contribution in [0.25, 0.3) is 33.7 Å². The van der Waals surface area contributed by atoms with E-state index >= 15 is 0 Å². The molecule has 0 aliphatic heterocycles. The van der Waals surface area contributed by atoms with Gasteiger partial charge in [0.1, 0.15) is 12.2 Å². The van der Waals surface area contributed by atoms with Gasteiger partial charge in [0.05, 0.1) is 0 Å². The van der Waals surface area contributed by atoms with Gasteiger partial charge >= 0.3 is 0 Å². The lowest BCUT2D eigenvalue weighted by molar-refractivity contribution is 0.0283. The highest BCUT2D eigenvalue weighted by Crippen LogP contribution is 2.47. The van der Waals surface area contributed by atoms with Crippen molar-refractivity contribution < 1.29 is 4.74 Å². The quantitative estimate of drug-likeness (QED) is 0.328. The lowest BCUT2D eigenvalue weighted by Gasteiger charge is -2.33. The average Bonchev–Trinajstić information content (AvgIpc) is 2.77. The minimum Gasteiger partial charge on any atom is -0.357 e. The van der Waals surface area contributed by atoms with E-state index in [4.69, 9.17) is 4.74 Å². The van der Waals surface area contributed by atoms with E-state index < -0.39 is 0 Å². The Morgan fingerprint density at radius 3 is 1.45 bits per heavy atom. The van der Waals surface area contributed by atoms with E-state index in [1.807, 2.05) is 0 Å². The monoisotopic (exact) mass is 402 g/mol. The fraction of sp³-hybridized carbons (Fsp3) is 0.200. The summed E-state index contributed by atoms with van der Waals surface area (Å²) in [7, 11) is 0. The van der Waals surface area contributed by atoms with Crippen LogP contribution in [0.1, 0.15) is 59.4 Å². The molecule has 0 heterocycles. The van der Waals surface area contributed by atoms with Crippen molar-refractivity contribution in [1.29, 1.82) is 0 Å². The van der Waals surface area contributed by atoms with Crippen LogP contribution in [0.2, 0.25) is 0 Å². The summed E-state index contributed by atoms with van der Waals surface area (Å²) in [6, 6.07) is 22.2. The molecule has 2 atom stereocenters. The summed E-state index contributed by atoms with van der Waals surface area (Å²) in [5.41, 5.74) is 10.3. The predicted molar refractivity (Wildman–Crippen MR) is 131 cm³/mol. The van der Waals surface area contributed by atoms with Gasteiger partial charge in [-0.25, -0.2) is 0 Å². The molecule has 2 aliphatic rings. The Labute approximate surface area is 183 Å². The Morgan fingerprint density at radius 1 is 0.548 bits per heavy atom. The van der Waals surface area contributed by atoms with Crippen molar-refractivity contribution in [3.05, 3.63) is 105 Å². The maximum Gasteiger partial charge on any atom is 0.106 e. The fourth-order valence-corrected chi connectivity index (χ4v) is 5.53. The lowest BCUT2D eigenvalue weighted by Crippen LogP contribution is -2.17. The van der Waals surface area contributed by atoms with E-state index in [9.17, 15) is 0 Å². The van der Waals surface area contributed by atoms with Crippen LogP contribution in [0.3, 0.4) is 0 Å². The van der Waals surface area contributed by atoms with Gasteiger partial charge in [0.15, 0.2) is 0 Å². The first kappa shape index (κ1) is 18.6. The highest BCUT2D eigenvalue weighted by atomic mass is 16.5. The molecule has 0 spiro atoms. The van der Waals surface area contributed by atoms with Gasteiger partial charge in [-0.1, -0.05) is 72.8 Å². The molecular formula is C30H26O. The zero-order valence-electron chi connectivity index (χ0n) is 18.5. The molecule has 0 saturated carbocycles. The minimum absolute atomic E-state index is 0.0482. The van der Waals surface area contributed by atoms with Crippen LogP contribution in [0.4, 0.5) is 0 Å². The molecule has 1 nitrogen and oxygen atoms in total. The largest absolute Gasteiger partial charge is 0.357 e. The Morgan fingerprint density at radius 2 is 1.00 bits per heavy atom. The molecule has 4 aromatic carbocycles. The number of ether oxygens (including phenoxy) is 1. The first-order valence-corrected chi connectivity index (χ1v) is 11.1. The van der Waals surface area contributed by atoms with Crippen molar-refractivity contribution in [2.45, 2.75) is 39.9 Å². The zero-order valence-corrected chi connectivity index (χ0v) is 18.5. The van der Waals surface area contributed by atoms with Crippen LogP contribution in [-0.4, -0.2) is 0 Å². The Bertz CT molecular complexity index is 1340. The first-order chi connectivity index (χ1) is 15.0. The zero-order chi connectivity index (χ0) is 21.3. The number of rotatable bonds is 2. The van der Waals surface area contributed by atoms with Crippen LogP contribution in [0.15, 0.2) is 71.8 Å². The molecule has 0 fully saturated rings. The van der Waals surface area contributed by atoms with Gasteiger partial charge in [-0.3, -0.25) is 0 Å². The van der Waals surface area contributed by atoms with Crippen LogP contribution in [0.5, 0.6) is 0 Å². The molecule has 0 bridgehead atoms. The summed E-state index contributed by atoms with van der Waals surface area (Å²) in [6.07, 6.45) is 4.51. The van der Waals surface area contributed by atoms with Gasteiger partial charge in [0, 0.05) is 0 Å². The van der Waals surface area contributed by atoms with E-state index in [1.165, 1.54) is 66.1 Å². The molecule has 152 valence electrons. The van der Waals surface area contributed by atoms with Gasteiger partial charge in [-0.05, 0) is 93.8 Å².